The predicted octanol–water partition coefficient (Wildman–Crippen LogP) is 2.54. The number of rotatable bonds is 6. The normalized spacial score (nSPS) is 10.9. The Hall–Kier alpha value is -1.29. The van der Waals surface area contributed by atoms with Crippen LogP contribution in [0.5, 0.6) is 0 Å². The van der Waals surface area contributed by atoms with Gasteiger partial charge in [0.1, 0.15) is 12.4 Å². The zero-order chi connectivity index (χ0) is 11.3. The van der Waals surface area contributed by atoms with E-state index in [-0.39, 0.29) is 5.76 Å². The van der Waals surface area contributed by atoms with Crippen LogP contribution in [0.15, 0.2) is 16.5 Å². The van der Waals surface area contributed by atoms with E-state index in [1.165, 1.54) is 6.07 Å². The summed E-state index contributed by atoms with van der Waals surface area (Å²) in [5, 5.41) is 8.61. The molecular formula is C11H16O4. The van der Waals surface area contributed by atoms with Gasteiger partial charge in [-0.1, -0.05) is 13.8 Å². The van der Waals surface area contributed by atoms with Gasteiger partial charge in [-0.3, -0.25) is 0 Å². The van der Waals surface area contributed by atoms with E-state index in [0.717, 1.165) is 6.42 Å². The zero-order valence-electron chi connectivity index (χ0n) is 9.03. The van der Waals surface area contributed by atoms with E-state index in [0.29, 0.717) is 24.9 Å². The molecule has 1 heterocycles. The summed E-state index contributed by atoms with van der Waals surface area (Å²) in [6, 6.07) is 3.06. The topological polar surface area (TPSA) is 59.7 Å². The van der Waals surface area contributed by atoms with Crippen LogP contribution in [0.25, 0.3) is 0 Å². The molecular weight excluding hydrogens is 196 g/mol. The molecule has 0 radical (unpaired) electrons. The van der Waals surface area contributed by atoms with Crippen molar-refractivity contribution in [1.82, 2.24) is 0 Å². The van der Waals surface area contributed by atoms with Crippen molar-refractivity contribution in [2.75, 3.05) is 6.61 Å². The Morgan fingerprint density at radius 1 is 1.53 bits per heavy atom. The first kappa shape index (κ1) is 11.8. The Labute approximate surface area is 88.8 Å². The average molecular weight is 212 g/mol. The largest absolute Gasteiger partial charge is 0.475 e. The third kappa shape index (κ3) is 4.16. The molecule has 0 amide bonds. The van der Waals surface area contributed by atoms with Gasteiger partial charge in [0.2, 0.25) is 5.76 Å². The second-order valence-corrected chi connectivity index (χ2v) is 3.81. The van der Waals surface area contributed by atoms with E-state index in [1.54, 1.807) is 6.07 Å². The van der Waals surface area contributed by atoms with Crippen LogP contribution in [0.1, 0.15) is 36.6 Å². The first-order valence-electron chi connectivity index (χ1n) is 4.99. The molecule has 0 saturated heterocycles. The van der Waals surface area contributed by atoms with E-state index in [4.69, 9.17) is 14.3 Å². The molecule has 84 valence electrons. The Bertz CT molecular complexity index is 314. The molecule has 0 atom stereocenters. The van der Waals surface area contributed by atoms with Gasteiger partial charge in [-0.2, -0.15) is 0 Å². The van der Waals surface area contributed by atoms with Gasteiger partial charge in [-0.05, 0) is 24.5 Å². The summed E-state index contributed by atoms with van der Waals surface area (Å²) < 4.78 is 10.4. The molecule has 1 aromatic heterocycles. The highest BCUT2D eigenvalue weighted by Gasteiger charge is 2.08. The molecule has 0 aliphatic carbocycles. The summed E-state index contributed by atoms with van der Waals surface area (Å²) in [5.74, 6) is 0.0632. The second kappa shape index (κ2) is 5.56. The second-order valence-electron chi connectivity index (χ2n) is 3.81. The summed E-state index contributed by atoms with van der Waals surface area (Å²) in [5.41, 5.74) is 0. The van der Waals surface area contributed by atoms with Crippen molar-refractivity contribution in [2.24, 2.45) is 5.92 Å². The van der Waals surface area contributed by atoms with Crippen LogP contribution in [-0.4, -0.2) is 17.7 Å². The molecule has 15 heavy (non-hydrogen) atoms. The van der Waals surface area contributed by atoms with E-state index < -0.39 is 5.97 Å². The van der Waals surface area contributed by atoms with Gasteiger partial charge < -0.3 is 14.3 Å². The van der Waals surface area contributed by atoms with E-state index in [1.807, 2.05) is 0 Å². The number of hydrogen-bond donors (Lipinski definition) is 1. The van der Waals surface area contributed by atoms with Gasteiger partial charge >= 0.3 is 5.97 Å². The number of carboxylic acids is 1. The number of furan rings is 1. The number of aromatic carboxylic acids is 1. The minimum Gasteiger partial charge on any atom is -0.475 e. The quantitative estimate of drug-likeness (QED) is 0.736. The minimum absolute atomic E-state index is 0.0440. The molecule has 0 aliphatic heterocycles. The van der Waals surface area contributed by atoms with Crippen LogP contribution in [-0.2, 0) is 11.3 Å². The lowest BCUT2D eigenvalue weighted by Gasteiger charge is -2.04. The first-order valence-corrected chi connectivity index (χ1v) is 4.99. The number of ether oxygens (including phenoxy) is 1. The van der Waals surface area contributed by atoms with Crippen LogP contribution < -0.4 is 0 Å². The molecule has 1 aromatic rings. The maximum Gasteiger partial charge on any atom is 0.371 e. The summed E-state index contributed by atoms with van der Waals surface area (Å²) in [4.78, 5) is 10.5. The summed E-state index contributed by atoms with van der Waals surface area (Å²) in [6.45, 7) is 5.25. The predicted molar refractivity (Wildman–Crippen MR) is 54.8 cm³/mol. The Morgan fingerprint density at radius 3 is 2.80 bits per heavy atom. The number of carbonyl (C=O) groups is 1. The standard InChI is InChI=1S/C11H16O4/c1-8(2)5-6-14-7-9-3-4-10(15-9)11(12)13/h3-4,8H,5-7H2,1-2H3,(H,12,13). The van der Waals surface area contributed by atoms with Crippen molar-refractivity contribution >= 4 is 5.97 Å². The Kier molecular flexibility index (Phi) is 4.37. The molecule has 0 aliphatic rings. The molecule has 0 bridgehead atoms. The van der Waals surface area contributed by atoms with Crippen molar-refractivity contribution in [3.05, 3.63) is 23.7 Å². The number of hydrogen-bond acceptors (Lipinski definition) is 3. The van der Waals surface area contributed by atoms with Crippen molar-refractivity contribution in [3.8, 4) is 0 Å². The molecule has 1 rings (SSSR count). The fourth-order valence-electron chi connectivity index (χ4n) is 1.06. The monoisotopic (exact) mass is 212 g/mol. The molecule has 4 heteroatoms. The summed E-state index contributed by atoms with van der Waals surface area (Å²) >= 11 is 0. The third-order valence-electron chi connectivity index (χ3n) is 1.96. The van der Waals surface area contributed by atoms with Crippen LogP contribution >= 0.6 is 0 Å². The van der Waals surface area contributed by atoms with Gasteiger partial charge in [0.15, 0.2) is 0 Å². The van der Waals surface area contributed by atoms with Gasteiger partial charge in [0, 0.05) is 6.61 Å². The fraction of sp³-hybridized carbons (Fsp3) is 0.545. The van der Waals surface area contributed by atoms with Crippen LogP contribution in [0.2, 0.25) is 0 Å². The lowest BCUT2D eigenvalue weighted by Crippen LogP contribution is -1.98. The maximum absolute atomic E-state index is 10.5. The molecule has 1 N–H and O–H groups in total. The highest BCUT2D eigenvalue weighted by molar-refractivity contribution is 5.84. The van der Waals surface area contributed by atoms with Gasteiger partial charge in [0.25, 0.3) is 0 Å². The minimum atomic E-state index is -1.05. The molecule has 0 fully saturated rings. The average Bonchev–Trinajstić information content (AvgIpc) is 2.60. The van der Waals surface area contributed by atoms with E-state index in [2.05, 4.69) is 13.8 Å². The fourth-order valence-corrected chi connectivity index (χ4v) is 1.06. The van der Waals surface area contributed by atoms with Crippen LogP contribution in [0.3, 0.4) is 0 Å². The van der Waals surface area contributed by atoms with Crippen molar-refractivity contribution in [3.63, 3.8) is 0 Å². The highest BCUT2D eigenvalue weighted by atomic mass is 16.5. The molecule has 0 aromatic carbocycles. The number of carboxylic acid groups (broad SMARTS) is 1. The third-order valence-corrected chi connectivity index (χ3v) is 1.96. The molecule has 0 saturated carbocycles. The first-order chi connectivity index (χ1) is 7.09. The highest BCUT2D eigenvalue weighted by Crippen LogP contribution is 2.09. The van der Waals surface area contributed by atoms with Crippen molar-refractivity contribution in [1.29, 1.82) is 0 Å². The van der Waals surface area contributed by atoms with Crippen molar-refractivity contribution < 1.29 is 19.1 Å². The smallest absolute Gasteiger partial charge is 0.371 e. The SMILES string of the molecule is CC(C)CCOCc1ccc(C(=O)O)o1. The Morgan fingerprint density at radius 2 is 2.27 bits per heavy atom. The van der Waals surface area contributed by atoms with E-state index in [9.17, 15) is 4.79 Å². The molecule has 0 unspecified atom stereocenters. The van der Waals surface area contributed by atoms with E-state index >= 15 is 0 Å². The Balaban J connectivity index is 2.29. The maximum atomic E-state index is 10.5. The summed E-state index contributed by atoms with van der Waals surface area (Å²) in [7, 11) is 0. The summed E-state index contributed by atoms with van der Waals surface area (Å²) in [6.07, 6.45) is 0.993. The van der Waals surface area contributed by atoms with Gasteiger partial charge in [-0.15, -0.1) is 0 Å². The molecule has 4 nitrogen and oxygen atoms in total. The lowest BCUT2D eigenvalue weighted by molar-refractivity contribution is 0.0644. The van der Waals surface area contributed by atoms with Gasteiger partial charge in [0.05, 0.1) is 0 Å². The zero-order valence-corrected chi connectivity index (χ0v) is 9.03. The lowest BCUT2D eigenvalue weighted by atomic mass is 10.1. The van der Waals surface area contributed by atoms with Crippen molar-refractivity contribution in [2.45, 2.75) is 26.9 Å². The molecule has 0 spiro atoms. The van der Waals surface area contributed by atoms with Crippen LogP contribution in [0.4, 0.5) is 0 Å². The van der Waals surface area contributed by atoms with Crippen LogP contribution in [0, 0.1) is 5.92 Å². The van der Waals surface area contributed by atoms with Gasteiger partial charge in [-0.25, -0.2) is 4.79 Å².